The predicted octanol–water partition coefficient (Wildman–Crippen LogP) is 10.4. The van der Waals surface area contributed by atoms with Crippen LogP contribution in [0.4, 0.5) is 0 Å². The van der Waals surface area contributed by atoms with Crippen molar-refractivity contribution in [1.82, 2.24) is 45.3 Å². The summed E-state index contributed by atoms with van der Waals surface area (Å²) in [4.78, 5) is 15.7. The van der Waals surface area contributed by atoms with Crippen LogP contribution in [-0.2, 0) is 0 Å². The standard InChI is InChI=1S/2C16H33N3.C15H33N3.4C2H6/c1-15(2)14-19-10-5-16(6-11-19)4-3-9-18-12-7-17-8-13-18;1-3-8-18-12-14-19(15-13-18)9-4-5-16-6-10-17(2)11-7-16;1-3-5-10-18(12-9-16-4-2)11-7-6-8-15-13-17-14-15;4*1-2/h15-17H,3-14H2,1-2H3;16H,3-15H2,1-2H3;15-17H,3-14H2,1-2H3;4*1-2H3. The van der Waals surface area contributed by atoms with Gasteiger partial charge in [-0.3, -0.25) is 0 Å². The molecule has 0 radical (unpaired) electrons. The van der Waals surface area contributed by atoms with Gasteiger partial charge < -0.3 is 45.3 Å². The van der Waals surface area contributed by atoms with E-state index in [4.69, 9.17) is 0 Å². The number of hydrogen-bond acceptors (Lipinski definition) is 9. The maximum atomic E-state index is 3.43. The lowest BCUT2D eigenvalue weighted by Gasteiger charge is -2.35. The average Bonchev–Trinajstić information content (AvgIpc) is 3.32. The number of unbranched alkanes of at least 4 members (excludes halogenated alkanes) is 2. The Morgan fingerprint density at radius 1 is 0.500 bits per heavy atom. The summed E-state index contributed by atoms with van der Waals surface area (Å²) in [6.07, 6.45) is 19.7. The second-order valence-electron chi connectivity index (χ2n) is 19.0. The van der Waals surface area contributed by atoms with Crippen molar-refractivity contribution >= 4 is 0 Å². The van der Waals surface area contributed by atoms with Gasteiger partial charge in [0.25, 0.3) is 0 Å². The molecule has 5 rings (SSSR count). The molecule has 0 amide bonds. The molecular formula is C55H123N9. The Bertz CT molecular complexity index is 860. The fourth-order valence-electron chi connectivity index (χ4n) is 9.47. The minimum Gasteiger partial charge on any atom is -0.316 e. The van der Waals surface area contributed by atoms with Gasteiger partial charge in [-0.15, -0.1) is 0 Å². The van der Waals surface area contributed by atoms with E-state index in [1.54, 1.807) is 0 Å². The predicted molar refractivity (Wildman–Crippen MR) is 291 cm³/mol. The van der Waals surface area contributed by atoms with E-state index in [0.29, 0.717) is 0 Å². The van der Waals surface area contributed by atoms with Crippen molar-refractivity contribution in [3.8, 4) is 0 Å². The highest BCUT2D eigenvalue weighted by Gasteiger charge is 2.21. The molecule has 0 aromatic heterocycles. The number of piperidine rings is 2. The lowest BCUT2D eigenvalue weighted by Crippen LogP contribution is -2.46. The Morgan fingerprint density at radius 2 is 0.984 bits per heavy atom. The molecule has 388 valence electrons. The van der Waals surface area contributed by atoms with Gasteiger partial charge in [-0.2, -0.15) is 0 Å². The summed E-state index contributed by atoms with van der Waals surface area (Å²) in [5.74, 6) is 3.82. The van der Waals surface area contributed by atoms with Gasteiger partial charge in [0.2, 0.25) is 0 Å². The first kappa shape index (κ1) is 65.7. The lowest BCUT2D eigenvalue weighted by atomic mass is 9.91. The van der Waals surface area contributed by atoms with Crippen molar-refractivity contribution in [2.75, 3.05) is 158 Å². The molecule has 0 unspecified atom stereocenters. The Morgan fingerprint density at radius 3 is 1.45 bits per heavy atom. The number of rotatable bonds is 24. The molecule has 0 spiro atoms. The van der Waals surface area contributed by atoms with Gasteiger partial charge in [0.15, 0.2) is 0 Å². The van der Waals surface area contributed by atoms with Crippen LogP contribution in [0.25, 0.3) is 0 Å². The molecule has 0 saturated carbocycles. The van der Waals surface area contributed by atoms with Gasteiger partial charge in [0, 0.05) is 72.0 Å². The maximum Gasteiger partial charge on any atom is 0.0110 e. The lowest BCUT2D eigenvalue weighted by molar-refractivity contribution is 0.127. The van der Waals surface area contributed by atoms with Crippen molar-refractivity contribution in [2.45, 2.75) is 180 Å². The maximum absolute atomic E-state index is 3.43. The largest absolute Gasteiger partial charge is 0.316 e. The Balaban J connectivity index is 0. The molecule has 5 saturated heterocycles. The molecule has 0 atom stereocenters. The number of hydrogen-bond donors (Lipinski definition) is 3. The van der Waals surface area contributed by atoms with Crippen LogP contribution in [0.3, 0.4) is 0 Å². The van der Waals surface area contributed by atoms with E-state index in [-0.39, 0.29) is 0 Å². The van der Waals surface area contributed by atoms with Crippen LogP contribution >= 0.6 is 0 Å². The number of nitrogens with zero attached hydrogens (tertiary/aromatic N) is 6. The first-order valence-electron chi connectivity index (χ1n) is 28.8. The van der Waals surface area contributed by atoms with Crippen LogP contribution in [0, 0.1) is 23.7 Å². The summed E-state index contributed by atoms with van der Waals surface area (Å²) in [6, 6.07) is 0. The molecule has 0 aromatic carbocycles. The molecule has 5 fully saturated rings. The third-order valence-electron chi connectivity index (χ3n) is 13.4. The van der Waals surface area contributed by atoms with Gasteiger partial charge >= 0.3 is 0 Å². The van der Waals surface area contributed by atoms with E-state index in [1.165, 1.54) is 227 Å². The highest BCUT2D eigenvalue weighted by Crippen LogP contribution is 2.23. The van der Waals surface area contributed by atoms with Crippen LogP contribution in [0.15, 0.2) is 0 Å². The van der Waals surface area contributed by atoms with E-state index in [1.807, 2.05) is 55.4 Å². The number of likely N-dealkylation sites (tertiary alicyclic amines) is 2. The van der Waals surface area contributed by atoms with E-state index < -0.39 is 0 Å². The Kier molecular flexibility index (Phi) is 50.4. The molecule has 3 N–H and O–H groups in total. The molecular weight excluding hydrogens is 787 g/mol. The Labute approximate surface area is 405 Å². The van der Waals surface area contributed by atoms with Gasteiger partial charge in [-0.05, 0) is 186 Å². The van der Waals surface area contributed by atoms with Crippen molar-refractivity contribution in [3.05, 3.63) is 0 Å². The zero-order valence-corrected chi connectivity index (χ0v) is 46.7. The highest BCUT2D eigenvalue weighted by molar-refractivity contribution is 4.77. The zero-order valence-electron chi connectivity index (χ0n) is 46.7. The normalized spacial score (nSPS) is 19.5. The molecule has 5 aliphatic heterocycles. The van der Waals surface area contributed by atoms with Gasteiger partial charge in [0.05, 0.1) is 0 Å². The monoisotopic (exact) mass is 910 g/mol. The molecule has 0 aromatic rings. The highest BCUT2D eigenvalue weighted by atomic mass is 15.3. The molecule has 0 bridgehead atoms. The summed E-state index contributed by atoms with van der Waals surface area (Å²) < 4.78 is 0. The summed E-state index contributed by atoms with van der Waals surface area (Å²) >= 11 is 0. The number of piperazine rings is 2. The third kappa shape index (κ3) is 36.7. The van der Waals surface area contributed by atoms with E-state index >= 15 is 0 Å². The van der Waals surface area contributed by atoms with Crippen molar-refractivity contribution in [1.29, 1.82) is 0 Å². The minimum absolute atomic E-state index is 0.823. The third-order valence-corrected chi connectivity index (χ3v) is 13.4. The molecule has 5 aliphatic rings. The second-order valence-corrected chi connectivity index (χ2v) is 19.0. The smallest absolute Gasteiger partial charge is 0.0110 e. The zero-order chi connectivity index (χ0) is 48.1. The quantitative estimate of drug-likeness (QED) is 0.0823. The molecule has 9 nitrogen and oxygen atoms in total. The van der Waals surface area contributed by atoms with Gasteiger partial charge in [0.1, 0.15) is 0 Å². The van der Waals surface area contributed by atoms with E-state index in [0.717, 1.165) is 36.8 Å². The van der Waals surface area contributed by atoms with E-state index in [9.17, 15) is 0 Å². The average molecular weight is 911 g/mol. The molecule has 9 heteroatoms. The molecule has 64 heavy (non-hydrogen) atoms. The van der Waals surface area contributed by atoms with Gasteiger partial charge in [-0.25, -0.2) is 0 Å². The van der Waals surface area contributed by atoms with Crippen LogP contribution in [0.5, 0.6) is 0 Å². The summed E-state index contributed by atoms with van der Waals surface area (Å²) in [5, 5.41) is 10.2. The number of nitrogens with one attached hydrogen (secondary N) is 3. The first-order valence-corrected chi connectivity index (χ1v) is 28.8. The van der Waals surface area contributed by atoms with Crippen molar-refractivity contribution in [2.24, 2.45) is 23.7 Å². The fourth-order valence-corrected chi connectivity index (χ4v) is 9.47. The fraction of sp³-hybridized carbons (Fsp3) is 1.00. The van der Waals surface area contributed by atoms with Crippen LogP contribution in [0.2, 0.25) is 0 Å². The minimum atomic E-state index is 0.823. The second kappa shape index (κ2) is 49.1. The van der Waals surface area contributed by atoms with Gasteiger partial charge in [-0.1, -0.05) is 103 Å². The first-order chi connectivity index (χ1) is 31.4. The SMILES string of the molecule is CC.CC.CC.CC.CC(C)CN1CCC(CCCN2CCNCC2)CC1.CCCCN(CCCCC1CNC1)CCNCC.CCCN1CCN(CCCC2CCN(C)CC2)CC1. The van der Waals surface area contributed by atoms with Crippen molar-refractivity contribution < 1.29 is 0 Å². The summed E-state index contributed by atoms with van der Waals surface area (Å²) in [6.45, 7) is 56.7. The van der Waals surface area contributed by atoms with Crippen LogP contribution < -0.4 is 16.0 Å². The Hall–Kier alpha value is -0.360. The summed E-state index contributed by atoms with van der Waals surface area (Å²) in [7, 11) is 2.26. The topological polar surface area (TPSA) is 55.5 Å². The number of likely N-dealkylation sites (N-methyl/N-ethyl adjacent to an activating group) is 1. The molecule has 5 heterocycles. The van der Waals surface area contributed by atoms with Crippen molar-refractivity contribution in [3.63, 3.8) is 0 Å². The molecule has 0 aliphatic carbocycles. The van der Waals surface area contributed by atoms with Crippen LogP contribution in [0.1, 0.15) is 180 Å². The van der Waals surface area contributed by atoms with Crippen LogP contribution in [-0.4, -0.2) is 187 Å². The summed E-state index contributed by atoms with van der Waals surface area (Å²) in [5.41, 5.74) is 0. The van der Waals surface area contributed by atoms with E-state index in [2.05, 4.69) is 87.0 Å².